The summed E-state index contributed by atoms with van der Waals surface area (Å²) in [6.07, 6.45) is 0.860. The summed E-state index contributed by atoms with van der Waals surface area (Å²) in [5.74, 6) is 2.61. The van der Waals surface area contributed by atoms with Crippen molar-refractivity contribution < 1.29 is 4.74 Å². The van der Waals surface area contributed by atoms with Gasteiger partial charge in [-0.3, -0.25) is 0 Å². The highest BCUT2D eigenvalue weighted by atomic mass is 16.5. The van der Waals surface area contributed by atoms with Gasteiger partial charge in [0.2, 0.25) is 0 Å². The zero-order chi connectivity index (χ0) is 15.6. The number of aromatic nitrogens is 2. The fourth-order valence-electron chi connectivity index (χ4n) is 2.56. The first-order valence-corrected chi connectivity index (χ1v) is 7.49. The molecule has 0 spiro atoms. The molecule has 1 aromatic carbocycles. The lowest BCUT2D eigenvalue weighted by Crippen LogP contribution is -2.25. The molecule has 0 fully saturated rings. The number of rotatable bonds is 4. The van der Waals surface area contributed by atoms with Crippen molar-refractivity contribution in [3.05, 3.63) is 30.1 Å². The summed E-state index contributed by atoms with van der Waals surface area (Å²) in [6, 6.07) is 7.94. The molecular weight excluding hydrogens is 262 g/mol. The van der Waals surface area contributed by atoms with Gasteiger partial charge in [0, 0.05) is 17.5 Å². The Morgan fingerprint density at radius 2 is 1.76 bits per heavy atom. The van der Waals surface area contributed by atoms with Crippen molar-refractivity contribution in [2.45, 2.75) is 46.6 Å². The van der Waals surface area contributed by atoms with Crippen LogP contribution in [-0.4, -0.2) is 16.2 Å². The van der Waals surface area contributed by atoms with E-state index in [2.05, 4.69) is 32.3 Å². The van der Waals surface area contributed by atoms with Crippen LogP contribution in [-0.2, 0) is 12.0 Å². The van der Waals surface area contributed by atoms with E-state index in [0.717, 1.165) is 35.1 Å². The minimum Gasteiger partial charge on any atom is -0.494 e. The van der Waals surface area contributed by atoms with Gasteiger partial charge in [0.25, 0.3) is 0 Å². The maximum atomic E-state index is 6.36. The van der Waals surface area contributed by atoms with Gasteiger partial charge < -0.3 is 15.0 Å². The van der Waals surface area contributed by atoms with Crippen molar-refractivity contribution >= 4 is 5.82 Å². The minimum absolute atomic E-state index is 0.0774. The van der Waals surface area contributed by atoms with E-state index < -0.39 is 0 Å². The quantitative estimate of drug-likeness (QED) is 0.929. The highest BCUT2D eigenvalue weighted by Gasteiger charge is 2.23. The number of anilines is 1. The van der Waals surface area contributed by atoms with Gasteiger partial charge in [-0.25, -0.2) is 4.98 Å². The molecule has 0 aliphatic carbocycles. The molecule has 0 aliphatic rings. The second-order valence-electron chi connectivity index (χ2n) is 6.08. The van der Waals surface area contributed by atoms with Crippen LogP contribution in [0.25, 0.3) is 11.3 Å². The average Bonchev–Trinajstić information content (AvgIpc) is 2.77. The predicted octanol–water partition coefficient (Wildman–Crippen LogP) is 3.85. The van der Waals surface area contributed by atoms with Crippen LogP contribution in [0.1, 0.15) is 40.4 Å². The first kappa shape index (κ1) is 15.4. The highest BCUT2D eigenvalue weighted by Crippen LogP contribution is 2.32. The Morgan fingerprint density at radius 1 is 1.14 bits per heavy atom. The molecule has 4 nitrogen and oxygen atoms in total. The van der Waals surface area contributed by atoms with Crippen LogP contribution in [0.5, 0.6) is 5.75 Å². The highest BCUT2D eigenvalue weighted by molar-refractivity contribution is 5.71. The third-order valence-corrected chi connectivity index (χ3v) is 3.41. The molecular formula is C17H25N3O. The summed E-state index contributed by atoms with van der Waals surface area (Å²) in [7, 11) is 0. The molecule has 0 radical (unpaired) electrons. The molecule has 0 saturated carbocycles. The van der Waals surface area contributed by atoms with E-state index in [9.17, 15) is 0 Å². The largest absolute Gasteiger partial charge is 0.494 e. The molecule has 2 N–H and O–H groups in total. The van der Waals surface area contributed by atoms with Gasteiger partial charge >= 0.3 is 0 Å². The Kier molecular flexibility index (Phi) is 4.26. The molecule has 0 unspecified atom stereocenters. The minimum atomic E-state index is -0.0774. The number of nitrogen functional groups attached to an aromatic ring is 1. The van der Waals surface area contributed by atoms with E-state index >= 15 is 0 Å². The second kappa shape index (κ2) is 5.80. The number of hydrogen-bond acceptors (Lipinski definition) is 3. The van der Waals surface area contributed by atoms with E-state index in [1.165, 1.54) is 0 Å². The SMILES string of the molecule is CCOc1ccc(-c2nc(CC)n(C(C)(C)C)c2N)cc1. The number of aryl methyl sites for hydroxylation is 1. The zero-order valence-corrected chi connectivity index (χ0v) is 13.6. The van der Waals surface area contributed by atoms with Gasteiger partial charge in [-0.1, -0.05) is 6.92 Å². The lowest BCUT2D eigenvalue weighted by molar-refractivity contribution is 0.340. The summed E-state index contributed by atoms with van der Waals surface area (Å²) >= 11 is 0. The van der Waals surface area contributed by atoms with Gasteiger partial charge in [0.05, 0.1) is 6.61 Å². The molecule has 1 aromatic heterocycles. The van der Waals surface area contributed by atoms with Crippen molar-refractivity contribution in [1.82, 2.24) is 9.55 Å². The molecule has 0 bridgehead atoms. The third kappa shape index (κ3) is 3.04. The van der Waals surface area contributed by atoms with Gasteiger partial charge in [-0.15, -0.1) is 0 Å². The van der Waals surface area contributed by atoms with Gasteiger partial charge in [-0.05, 0) is 52.0 Å². The molecule has 0 atom stereocenters. The number of ether oxygens (including phenoxy) is 1. The van der Waals surface area contributed by atoms with E-state index in [-0.39, 0.29) is 5.54 Å². The fourth-order valence-corrected chi connectivity index (χ4v) is 2.56. The number of benzene rings is 1. The number of imidazole rings is 1. The van der Waals surface area contributed by atoms with E-state index in [4.69, 9.17) is 15.5 Å². The zero-order valence-electron chi connectivity index (χ0n) is 13.6. The Morgan fingerprint density at radius 3 is 2.19 bits per heavy atom. The van der Waals surface area contributed by atoms with Crippen LogP contribution in [0.15, 0.2) is 24.3 Å². The first-order chi connectivity index (χ1) is 9.88. The van der Waals surface area contributed by atoms with Crippen molar-refractivity contribution in [3.8, 4) is 17.0 Å². The number of hydrogen-bond donors (Lipinski definition) is 1. The standard InChI is InChI=1S/C17H25N3O/c1-6-14-19-15(16(18)20(14)17(3,4)5)12-8-10-13(11-9-12)21-7-2/h8-11H,6-7,18H2,1-5H3. The predicted molar refractivity (Wildman–Crippen MR) is 87.6 cm³/mol. The molecule has 4 heteroatoms. The number of nitrogens with two attached hydrogens (primary N) is 1. The molecule has 1 heterocycles. The Hall–Kier alpha value is -1.97. The Balaban J connectivity index is 2.47. The Labute approximate surface area is 127 Å². The van der Waals surface area contributed by atoms with Crippen LogP contribution < -0.4 is 10.5 Å². The average molecular weight is 287 g/mol. The van der Waals surface area contributed by atoms with E-state index in [1.807, 2.05) is 31.2 Å². The maximum Gasteiger partial charge on any atom is 0.132 e. The van der Waals surface area contributed by atoms with Gasteiger partial charge in [0.15, 0.2) is 0 Å². The summed E-state index contributed by atoms with van der Waals surface area (Å²) in [4.78, 5) is 4.74. The fraction of sp³-hybridized carbons (Fsp3) is 0.471. The second-order valence-corrected chi connectivity index (χ2v) is 6.08. The van der Waals surface area contributed by atoms with Crippen LogP contribution in [0.3, 0.4) is 0 Å². The van der Waals surface area contributed by atoms with E-state index in [0.29, 0.717) is 6.61 Å². The van der Waals surface area contributed by atoms with Crippen LogP contribution in [0.2, 0.25) is 0 Å². The lowest BCUT2D eigenvalue weighted by Gasteiger charge is -2.24. The van der Waals surface area contributed by atoms with Crippen LogP contribution >= 0.6 is 0 Å². The third-order valence-electron chi connectivity index (χ3n) is 3.41. The summed E-state index contributed by atoms with van der Waals surface area (Å²) in [5, 5.41) is 0. The molecule has 0 saturated heterocycles. The smallest absolute Gasteiger partial charge is 0.132 e. The van der Waals surface area contributed by atoms with Crippen molar-refractivity contribution in [2.24, 2.45) is 0 Å². The summed E-state index contributed by atoms with van der Waals surface area (Å²) < 4.78 is 7.60. The summed E-state index contributed by atoms with van der Waals surface area (Å²) in [5.41, 5.74) is 8.16. The number of nitrogens with zero attached hydrogens (tertiary/aromatic N) is 2. The summed E-state index contributed by atoms with van der Waals surface area (Å²) in [6.45, 7) is 11.2. The Bertz CT molecular complexity index is 606. The molecule has 114 valence electrons. The first-order valence-electron chi connectivity index (χ1n) is 7.49. The molecule has 0 aliphatic heterocycles. The van der Waals surface area contributed by atoms with Crippen molar-refractivity contribution in [2.75, 3.05) is 12.3 Å². The normalized spacial score (nSPS) is 11.7. The molecule has 0 amide bonds. The van der Waals surface area contributed by atoms with Crippen molar-refractivity contribution in [3.63, 3.8) is 0 Å². The van der Waals surface area contributed by atoms with Crippen molar-refractivity contribution in [1.29, 1.82) is 0 Å². The maximum absolute atomic E-state index is 6.36. The molecule has 21 heavy (non-hydrogen) atoms. The van der Waals surface area contributed by atoms with Crippen LogP contribution in [0, 0.1) is 0 Å². The van der Waals surface area contributed by atoms with Gasteiger partial charge in [-0.2, -0.15) is 0 Å². The molecule has 2 rings (SSSR count). The van der Waals surface area contributed by atoms with E-state index in [1.54, 1.807) is 0 Å². The van der Waals surface area contributed by atoms with Crippen LogP contribution in [0.4, 0.5) is 5.82 Å². The monoisotopic (exact) mass is 287 g/mol. The molecule has 2 aromatic rings. The topological polar surface area (TPSA) is 53.1 Å². The van der Waals surface area contributed by atoms with Gasteiger partial charge in [0.1, 0.15) is 23.1 Å². The lowest BCUT2D eigenvalue weighted by atomic mass is 10.1.